The predicted octanol–water partition coefficient (Wildman–Crippen LogP) is 0.979. The average Bonchev–Trinajstić information content (AvgIpc) is 2.35. The summed E-state index contributed by atoms with van der Waals surface area (Å²) in [7, 11) is 1.75. The Morgan fingerprint density at radius 3 is 2.56 bits per heavy atom. The van der Waals surface area contributed by atoms with Gasteiger partial charge < -0.3 is 10.6 Å². The third-order valence-electron chi connectivity index (χ3n) is 2.31. The van der Waals surface area contributed by atoms with Crippen molar-refractivity contribution in [1.82, 2.24) is 4.90 Å². The van der Waals surface area contributed by atoms with E-state index in [2.05, 4.69) is 0 Å². The maximum absolute atomic E-state index is 11.9. The molecule has 0 aromatic heterocycles. The van der Waals surface area contributed by atoms with E-state index in [0.717, 1.165) is 6.42 Å². The Labute approximate surface area is 95.3 Å². The van der Waals surface area contributed by atoms with E-state index in [1.54, 1.807) is 36.2 Å². The number of amides is 1. The van der Waals surface area contributed by atoms with Gasteiger partial charge in [-0.15, -0.1) is 0 Å². The Morgan fingerprint density at radius 1 is 1.44 bits per heavy atom. The molecule has 0 radical (unpaired) electrons. The summed E-state index contributed by atoms with van der Waals surface area (Å²) < 4.78 is 0. The van der Waals surface area contributed by atoms with E-state index in [-0.39, 0.29) is 5.91 Å². The van der Waals surface area contributed by atoms with Crippen LogP contribution in [0.15, 0.2) is 24.3 Å². The number of hydrogen-bond acceptors (Lipinski definition) is 3. The lowest BCUT2D eigenvalue weighted by atomic mass is 10.1. The molecular weight excluding hydrogens is 202 g/mol. The lowest BCUT2D eigenvalue weighted by molar-refractivity contribution is 0.0794. The first kappa shape index (κ1) is 12.2. The van der Waals surface area contributed by atoms with Crippen LogP contribution in [0.25, 0.3) is 0 Å². The quantitative estimate of drug-likeness (QED) is 0.817. The average molecular weight is 217 g/mol. The molecule has 0 saturated heterocycles. The number of carbonyl (C=O) groups is 1. The molecule has 0 atom stereocenters. The van der Waals surface area contributed by atoms with Crippen LogP contribution in [-0.4, -0.2) is 30.9 Å². The highest BCUT2D eigenvalue weighted by atomic mass is 16.2. The first-order valence-electron chi connectivity index (χ1n) is 5.14. The van der Waals surface area contributed by atoms with Crippen LogP contribution in [0.5, 0.6) is 0 Å². The Balaban J connectivity index is 2.69. The molecule has 1 rings (SSSR count). The van der Waals surface area contributed by atoms with Crippen LogP contribution in [0.1, 0.15) is 22.3 Å². The molecular formula is C12H15N3O. The van der Waals surface area contributed by atoms with Gasteiger partial charge in [0.15, 0.2) is 0 Å². The minimum Gasteiger partial charge on any atom is -0.342 e. The van der Waals surface area contributed by atoms with E-state index >= 15 is 0 Å². The molecule has 1 amide bonds. The number of benzene rings is 1. The van der Waals surface area contributed by atoms with Gasteiger partial charge in [-0.3, -0.25) is 4.79 Å². The molecule has 0 aliphatic rings. The molecule has 0 bridgehead atoms. The van der Waals surface area contributed by atoms with Crippen LogP contribution in [0.3, 0.4) is 0 Å². The van der Waals surface area contributed by atoms with E-state index < -0.39 is 0 Å². The number of nitriles is 1. The van der Waals surface area contributed by atoms with Crippen molar-refractivity contribution in [2.45, 2.75) is 6.42 Å². The molecule has 0 aliphatic carbocycles. The zero-order valence-electron chi connectivity index (χ0n) is 9.31. The van der Waals surface area contributed by atoms with Crippen molar-refractivity contribution in [3.63, 3.8) is 0 Å². The van der Waals surface area contributed by atoms with Crippen molar-refractivity contribution in [3.8, 4) is 6.07 Å². The lowest BCUT2D eigenvalue weighted by Gasteiger charge is -2.16. The maximum atomic E-state index is 11.9. The Morgan fingerprint density at radius 2 is 2.06 bits per heavy atom. The normalized spacial score (nSPS) is 9.56. The molecule has 0 aliphatic heterocycles. The SMILES string of the molecule is CN(CCCN)C(=O)c1ccc(C#N)cc1. The fourth-order valence-corrected chi connectivity index (χ4v) is 1.34. The van der Waals surface area contributed by atoms with Gasteiger partial charge in [-0.25, -0.2) is 0 Å². The van der Waals surface area contributed by atoms with Crippen molar-refractivity contribution >= 4 is 5.91 Å². The molecule has 0 saturated carbocycles. The molecule has 4 nitrogen and oxygen atoms in total. The molecule has 2 N–H and O–H groups in total. The summed E-state index contributed by atoms with van der Waals surface area (Å²) in [5.41, 5.74) is 6.53. The van der Waals surface area contributed by atoms with Gasteiger partial charge in [0, 0.05) is 19.2 Å². The highest BCUT2D eigenvalue weighted by Crippen LogP contribution is 2.06. The monoisotopic (exact) mass is 217 g/mol. The standard InChI is InChI=1S/C12H15N3O/c1-15(8-2-7-13)12(16)11-5-3-10(9-14)4-6-11/h3-6H,2,7-8,13H2,1H3. The van der Waals surface area contributed by atoms with Gasteiger partial charge in [0.2, 0.25) is 0 Å². The Kier molecular flexibility index (Phi) is 4.49. The van der Waals surface area contributed by atoms with Gasteiger partial charge in [-0.1, -0.05) is 0 Å². The van der Waals surface area contributed by atoms with Gasteiger partial charge >= 0.3 is 0 Å². The summed E-state index contributed by atoms with van der Waals surface area (Å²) >= 11 is 0. The summed E-state index contributed by atoms with van der Waals surface area (Å²) in [6, 6.07) is 8.63. The smallest absolute Gasteiger partial charge is 0.253 e. The van der Waals surface area contributed by atoms with Crippen molar-refractivity contribution in [3.05, 3.63) is 35.4 Å². The van der Waals surface area contributed by atoms with Crippen LogP contribution in [0, 0.1) is 11.3 Å². The summed E-state index contributed by atoms with van der Waals surface area (Å²) in [5, 5.41) is 8.63. The fraction of sp³-hybridized carbons (Fsp3) is 0.333. The van der Waals surface area contributed by atoms with Crippen LogP contribution in [-0.2, 0) is 0 Å². The topological polar surface area (TPSA) is 70.1 Å². The van der Waals surface area contributed by atoms with Crippen molar-refractivity contribution < 1.29 is 4.79 Å². The molecule has 0 unspecified atom stereocenters. The zero-order chi connectivity index (χ0) is 12.0. The number of carbonyl (C=O) groups excluding carboxylic acids is 1. The van der Waals surface area contributed by atoms with Crippen molar-refractivity contribution in [1.29, 1.82) is 5.26 Å². The zero-order valence-corrected chi connectivity index (χ0v) is 9.31. The largest absolute Gasteiger partial charge is 0.342 e. The van der Waals surface area contributed by atoms with Crippen LogP contribution in [0.4, 0.5) is 0 Å². The lowest BCUT2D eigenvalue weighted by Crippen LogP contribution is -2.28. The predicted molar refractivity (Wildman–Crippen MR) is 61.8 cm³/mol. The second-order valence-corrected chi connectivity index (χ2v) is 3.56. The van der Waals surface area contributed by atoms with E-state index in [0.29, 0.717) is 24.2 Å². The fourth-order valence-electron chi connectivity index (χ4n) is 1.34. The highest BCUT2D eigenvalue weighted by Gasteiger charge is 2.10. The second-order valence-electron chi connectivity index (χ2n) is 3.56. The Bertz CT molecular complexity index is 392. The maximum Gasteiger partial charge on any atom is 0.253 e. The molecule has 4 heteroatoms. The molecule has 84 valence electrons. The molecule has 1 aromatic rings. The molecule has 0 fully saturated rings. The summed E-state index contributed by atoms with van der Waals surface area (Å²) in [6.07, 6.45) is 0.790. The summed E-state index contributed by atoms with van der Waals surface area (Å²) in [4.78, 5) is 13.5. The summed E-state index contributed by atoms with van der Waals surface area (Å²) in [6.45, 7) is 1.22. The first-order chi connectivity index (χ1) is 7.69. The number of nitrogens with two attached hydrogens (primary N) is 1. The third-order valence-corrected chi connectivity index (χ3v) is 2.31. The van der Waals surface area contributed by atoms with E-state index in [4.69, 9.17) is 11.0 Å². The minimum absolute atomic E-state index is 0.0436. The van der Waals surface area contributed by atoms with Gasteiger partial charge in [0.05, 0.1) is 11.6 Å². The Hall–Kier alpha value is -1.86. The van der Waals surface area contributed by atoms with Crippen molar-refractivity contribution in [2.75, 3.05) is 20.1 Å². The molecule has 0 heterocycles. The minimum atomic E-state index is -0.0436. The number of nitrogens with zero attached hydrogens (tertiary/aromatic N) is 2. The van der Waals surface area contributed by atoms with Gasteiger partial charge in [-0.2, -0.15) is 5.26 Å². The van der Waals surface area contributed by atoms with Crippen molar-refractivity contribution in [2.24, 2.45) is 5.73 Å². The van der Waals surface area contributed by atoms with Crippen LogP contribution in [0.2, 0.25) is 0 Å². The second kappa shape index (κ2) is 5.89. The van der Waals surface area contributed by atoms with E-state index in [1.165, 1.54) is 0 Å². The van der Waals surface area contributed by atoms with Gasteiger partial charge in [0.1, 0.15) is 0 Å². The molecule has 1 aromatic carbocycles. The van der Waals surface area contributed by atoms with E-state index in [9.17, 15) is 4.79 Å². The number of rotatable bonds is 4. The van der Waals surface area contributed by atoms with Gasteiger partial charge in [-0.05, 0) is 37.2 Å². The van der Waals surface area contributed by atoms with Gasteiger partial charge in [0.25, 0.3) is 5.91 Å². The first-order valence-corrected chi connectivity index (χ1v) is 5.14. The molecule has 0 spiro atoms. The highest BCUT2D eigenvalue weighted by molar-refractivity contribution is 5.94. The van der Waals surface area contributed by atoms with Crippen LogP contribution < -0.4 is 5.73 Å². The summed E-state index contributed by atoms with van der Waals surface area (Å²) in [5.74, 6) is -0.0436. The number of hydrogen-bond donors (Lipinski definition) is 1. The van der Waals surface area contributed by atoms with Crippen LogP contribution >= 0.6 is 0 Å². The third kappa shape index (κ3) is 3.07. The van der Waals surface area contributed by atoms with E-state index in [1.807, 2.05) is 6.07 Å². The molecule has 16 heavy (non-hydrogen) atoms.